The molecular formula is C20H24N2O4. The first-order valence-corrected chi connectivity index (χ1v) is 8.69. The van der Waals surface area contributed by atoms with Gasteiger partial charge in [0.2, 0.25) is 0 Å². The van der Waals surface area contributed by atoms with Gasteiger partial charge in [0.05, 0.1) is 26.0 Å². The zero-order chi connectivity index (χ0) is 18.4. The summed E-state index contributed by atoms with van der Waals surface area (Å²) in [5.74, 6) is 0.705. The van der Waals surface area contributed by atoms with Gasteiger partial charge in [-0.15, -0.1) is 0 Å². The van der Waals surface area contributed by atoms with Gasteiger partial charge in [0.25, 0.3) is 0 Å². The molecule has 0 radical (unpaired) electrons. The fourth-order valence-electron chi connectivity index (χ4n) is 3.00. The first-order chi connectivity index (χ1) is 12.7. The maximum Gasteiger partial charge on any atom is 0.321 e. The number of carbonyl (C=O) groups is 1. The van der Waals surface area contributed by atoms with Crippen LogP contribution in [0.1, 0.15) is 0 Å². The lowest BCUT2D eigenvalue weighted by Gasteiger charge is -2.23. The number of amides is 2. The van der Waals surface area contributed by atoms with E-state index in [0.717, 1.165) is 22.6 Å². The molecule has 6 heteroatoms. The summed E-state index contributed by atoms with van der Waals surface area (Å²) in [5, 5.41) is 12.4. The molecule has 1 heterocycles. The van der Waals surface area contributed by atoms with E-state index in [1.165, 1.54) is 0 Å². The Hall–Kier alpha value is -2.57. The van der Waals surface area contributed by atoms with Gasteiger partial charge < -0.3 is 24.8 Å². The fourth-order valence-corrected chi connectivity index (χ4v) is 3.00. The van der Waals surface area contributed by atoms with E-state index in [0.29, 0.717) is 26.3 Å². The minimum absolute atomic E-state index is 0.00414. The summed E-state index contributed by atoms with van der Waals surface area (Å²) in [6.07, 6.45) is 0. The molecule has 2 aromatic carbocycles. The number of hydrogen-bond donors (Lipinski definition) is 2. The Labute approximate surface area is 153 Å². The summed E-state index contributed by atoms with van der Waals surface area (Å²) in [6.45, 7) is 1.93. The third-order valence-corrected chi connectivity index (χ3v) is 4.43. The lowest BCUT2D eigenvalue weighted by molar-refractivity contribution is 0.0958. The van der Waals surface area contributed by atoms with E-state index < -0.39 is 0 Å². The van der Waals surface area contributed by atoms with Crippen molar-refractivity contribution in [2.24, 2.45) is 5.92 Å². The van der Waals surface area contributed by atoms with Crippen LogP contribution in [0, 0.1) is 5.92 Å². The molecule has 6 nitrogen and oxygen atoms in total. The average molecular weight is 356 g/mol. The zero-order valence-corrected chi connectivity index (χ0v) is 14.9. The smallest absolute Gasteiger partial charge is 0.321 e. The molecule has 0 spiro atoms. The number of aliphatic hydroxyl groups is 1. The molecule has 0 aliphatic carbocycles. The summed E-state index contributed by atoms with van der Waals surface area (Å²) in [4.78, 5) is 14.4. The summed E-state index contributed by atoms with van der Waals surface area (Å²) < 4.78 is 10.7. The molecule has 0 aromatic heterocycles. The quantitative estimate of drug-likeness (QED) is 0.884. The van der Waals surface area contributed by atoms with Gasteiger partial charge in [0, 0.05) is 31.2 Å². The molecule has 1 fully saturated rings. The van der Waals surface area contributed by atoms with Crippen LogP contribution in [0.5, 0.6) is 5.75 Å². The lowest BCUT2D eigenvalue weighted by Crippen LogP contribution is -2.39. The number of nitrogens with one attached hydrogen (secondary N) is 1. The van der Waals surface area contributed by atoms with E-state index in [9.17, 15) is 9.90 Å². The van der Waals surface area contributed by atoms with Crippen molar-refractivity contribution in [3.63, 3.8) is 0 Å². The number of hydrogen-bond acceptors (Lipinski definition) is 4. The van der Waals surface area contributed by atoms with Gasteiger partial charge in [0.1, 0.15) is 5.75 Å². The second-order valence-electron chi connectivity index (χ2n) is 6.28. The first-order valence-electron chi connectivity index (χ1n) is 8.69. The van der Waals surface area contributed by atoms with Gasteiger partial charge in [-0.25, -0.2) is 4.79 Å². The molecule has 2 aromatic rings. The molecule has 1 atom stereocenters. The van der Waals surface area contributed by atoms with Gasteiger partial charge in [-0.05, 0) is 23.8 Å². The number of benzene rings is 2. The number of anilines is 1. The maximum atomic E-state index is 12.7. The molecule has 1 aliphatic rings. The van der Waals surface area contributed by atoms with E-state index in [2.05, 4.69) is 5.32 Å². The SMILES string of the molecule is COc1cccc(-c2ccccc2NC(=O)N2CCOC[C@@H](CO)C2)c1. The highest BCUT2D eigenvalue weighted by Crippen LogP contribution is 2.30. The standard InChI is InChI=1S/C20H24N2O4/c1-25-17-6-4-5-16(11-17)18-7-2-3-8-19(18)21-20(24)22-9-10-26-14-15(12-22)13-23/h2-8,11,15,23H,9-10,12-14H2,1H3,(H,21,24)/t15-/m1/s1. The number of methoxy groups -OCH3 is 1. The van der Waals surface area contributed by atoms with Crippen LogP contribution >= 0.6 is 0 Å². The van der Waals surface area contributed by atoms with E-state index in [1.807, 2.05) is 48.5 Å². The molecule has 3 rings (SSSR count). The van der Waals surface area contributed by atoms with E-state index in [4.69, 9.17) is 9.47 Å². The number of carbonyl (C=O) groups excluding carboxylic acids is 1. The molecule has 138 valence electrons. The average Bonchev–Trinajstić information content (AvgIpc) is 2.94. The van der Waals surface area contributed by atoms with Crippen molar-refractivity contribution in [3.8, 4) is 16.9 Å². The van der Waals surface area contributed by atoms with Crippen molar-refractivity contribution in [3.05, 3.63) is 48.5 Å². The van der Waals surface area contributed by atoms with Crippen LogP contribution in [0.3, 0.4) is 0 Å². The Morgan fingerprint density at radius 1 is 1.31 bits per heavy atom. The Kier molecular flexibility index (Phi) is 6.09. The van der Waals surface area contributed by atoms with Gasteiger partial charge in [-0.3, -0.25) is 0 Å². The van der Waals surface area contributed by atoms with Gasteiger partial charge in [0.15, 0.2) is 0 Å². The zero-order valence-electron chi connectivity index (χ0n) is 14.9. The van der Waals surface area contributed by atoms with Crippen molar-refractivity contribution >= 4 is 11.7 Å². The predicted molar refractivity (Wildman–Crippen MR) is 100 cm³/mol. The monoisotopic (exact) mass is 356 g/mol. The summed E-state index contributed by atoms with van der Waals surface area (Å²) in [5.41, 5.74) is 2.62. The molecule has 1 aliphatic heterocycles. The summed E-state index contributed by atoms with van der Waals surface area (Å²) in [6, 6.07) is 15.2. The molecule has 0 saturated carbocycles. The third kappa shape index (κ3) is 4.33. The summed E-state index contributed by atoms with van der Waals surface area (Å²) in [7, 11) is 1.63. The summed E-state index contributed by atoms with van der Waals surface area (Å²) >= 11 is 0. The third-order valence-electron chi connectivity index (χ3n) is 4.43. The van der Waals surface area contributed by atoms with Crippen molar-refractivity contribution in [1.82, 2.24) is 4.90 Å². The normalized spacial score (nSPS) is 17.5. The highest BCUT2D eigenvalue weighted by Gasteiger charge is 2.22. The minimum atomic E-state index is -0.190. The predicted octanol–water partition coefficient (Wildman–Crippen LogP) is 2.83. The van der Waals surface area contributed by atoms with Crippen LogP contribution in [0.25, 0.3) is 11.1 Å². The van der Waals surface area contributed by atoms with Crippen molar-refractivity contribution in [2.45, 2.75) is 0 Å². The maximum absolute atomic E-state index is 12.7. The largest absolute Gasteiger partial charge is 0.497 e. The van der Waals surface area contributed by atoms with Crippen LogP contribution in [0.2, 0.25) is 0 Å². The molecule has 2 N–H and O–H groups in total. The van der Waals surface area contributed by atoms with Crippen LogP contribution in [-0.2, 0) is 4.74 Å². The van der Waals surface area contributed by atoms with E-state index in [1.54, 1.807) is 12.0 Å². The first kappa shape index (κ1) is 18.2. The molecule has 26 heavy (non-hydrogen) atoms. The van der Waals surface area contributed by atoms with Crippen molar-refractivity contribution in [2.75, 3.05) is 45.3 Å². The van der Waals surface area contributed by atoms with Crippen LogP contribution in [-0.4, -0.2) is 56.1 Å². The number of urea groups is 1. The second kappa shape index (κ2) is 8.69. The highest BCUT2D eigenvalue weighted by molar-refractivity contribution is 5.94. The fraction of sp³-hybridized carbons (Fsp3) is 0.350. The molecule has 2 amide bonds. The Morgan fingerprint density at radius 2 is 2.15 bits per heavy atom. The Morgan fingerprint density at radius 3 is 2.96 bits per heavy atom. The van der Waals surface area contributed by atoms with Crippen molar-refractivity contribution < 1.29 is 19.4 Å². The van der Waals surface area contributed by atoms with Gasteiger partial charge in [-0.1, -0.05) is 30.3 Å². The number of rotatable bonds is 4. The number of para-hydroxylation sites is 1. The number of ether oxygens (including phenoxy) is 2. The van der Waals surface area contributed by atoms with Gasteiger partial charge >= 0.3 is 6.03 Å². The van der Waals surface area contributed by atoms with Crippen LogP contribution < -0.4 is 10.1 Å². The Balaban J connectivity index is 1.80. The minimum Gasteiger partial charge on any atom is -0.497 e. The number of nitrogens with zero attached hydrogens (tertiary/aromatic N) is 1. The van der Waals surface area contributed by atoms with Crippen molar-refractivity contribution in [1.29, 1.82) is 0 Å². The molecule has 0 unspecified atom stereocenters. The van der Waals surface area contributed by atoms with Crippen LogP contribution in [0.15, 0.2) is 48.5 Å². The molecular weight excluding hydrogens is 332 g/mol. The number of aliphatic hydroxyl groups excluding tert-OH is 1. The highest BCUT2D eigenvalue weighted by atomic mass is 16.5. The molecule has 1 saturated heterocycles. The van der Waals surface area contributed by atoms with E-state index >= 15 is 0 Å². The van der Waals surface area contributed by atoms with E-state index in [-0.39, 0.29) is 18.6 Å². The second-order valence-corrected chi connectivity index (χ2v) is 6.28. The van der Waals surface area contributed by atoms with Crippen LogP contribution in [0.4, 0.5) is 10.5 Å². The topological polar surface area (TPSA) is 71.0 Å². The van der Waals surface area contributed by atoms with Gasteiger partial charge in [-0.2, -0.15) is 0 Å². The lowest BCUT2D eigenvalue weighted by atomic mass is 10.0. The Bertz CT molecular complexity index is 750. The molecule has 0 bridgehead atoms.